The molecule has 12 heavy (non-hydrogen) atoms. The summed E-state index contributed by atoms with van der Waals surface area (Å²) in [6, 6.07) is 0. The second-order valence-corrected chi connectivity index (χ2v) is 2.84. The molecule has 0 atom stereocenters. The minimum absolute atomic E-state index is 0.0647. The third-order valence-corrected chi connectivity index (χ3v) is 1.93. The van der Waals surface area contributed by atoms with Crippen LogP contribution in [-0.2, 0) is 4.79 Å². The second kappa shape index (κ2) is 3.39. The molecule has 1 fully saturated rings. The number of allylic oxidation sites excluding steroid dienone is 2. The van der Waals surface area contributed by atoms with Gasteiger partial charge in [-0.3, -0.25) is 4.79 Å². The monoisotopic (exact) mass is 163 g/mol. The van der Waals surface area contributed by atoms with Crippen LogP contribution in [0.15, 0.2) is 36.0 Å². The van der Waals surface area contributed by atoms with Crippen LogP contribution in [0.5, 0.6) is 0 Å². The first-order valence-electron chi connectivity index (χ1n) is 4.01. The lowest BCUT2D eigenvalue weighted by molar-refractivity contribution is -0.116. The van der Waals surface area contributed by atoms with Crippen molar-refractivity contribution in [2.45, 2.75) is 13.3 Å². The maximum Gasteiger partial charge on any atom is 0.251 e. The van der Waals surface area contributed by atoms with Crippen molar-refractivity contribution in [2.75, 3.05) is 6.54 Å². The van der Waals surface area contributed by atoms with Crippen LogP contribution in [0, 0.1) is 0 Å². The lowest BCUT2D eigenvalue weighted by Gasteiger charge is -1.96. The van der Waals surface area contributed by atoms with E-state index in [4.69, 9.17) is 0 Å². The number of carbonyl (C=O) groups is 1. The molecular weight excluding hydrogens is 150 g/mol. The van der Waals surface area contributed by atoms with E-state index in [1.807, 2.05) is 13.0 Å². The Bertz CT molecular complexity index is 274. The molecule has 2 heteroatoms. The summed E-state index contributed by atoms with van der Waals surface area (Å²) in [6.45, 7) is 10.2. The van der Waals surface area contributed by atoms with Gasteiger partial charge in [0.2, 0.25) is 0 Å². The Hall–Kier alpha value is -1.31. The highest BCUT2D eigenvalue weighted by atomic mass is 16.1. The summed E-state index contributed by atoms with van der Waals surface area (Å²) in [5.41, 5.74) is 2.57. The standard InChI is InChI=1S/C10H13NO/c1-4-7(2)5-9-6-11-10(12)8(9)3/h5H,2-4,6H2,1H3,(H,11,12)/b9-5-. The number of carbonyl (C=O) groups excluding carboxylic acids is 1. The van der Waals surface area contributed by atoms with E-state index in [1.165, 1.54) is 0 Å². The van der Waals surface area contributed by atoms with Gasteiger partial charge in [0, 0.05) is 12.1 Å². The SMILES string of the molecule is C=C(/C=C1/CNC(=O)C1=C)CC. The first-order chi connectivity index (χ1) is 5.65. The molecule has 0 spiro atoms. The molecule has 1 heterocycles. The zero-order valence-corrected chi connectivity index (χ0v) is 7.31. The second-order valence-electron chi connectivity index (χ2n) is 2.84. The van der Waals surface area contributed by atoms with Crippen molar-refractivity contribution in [1.82, 2.24) is 5.32 Å². The summed E-state index contributed by atoms with van der Waals surface area (Å²) in [5.74, 6) is -0.0647. The van der Waals surface area contributed by atoms with Crippen molar-refractivity contribution >= 4 is 5.91 Å². The van der Waals surface area contributed by atoms with Crippen LogP contribution in [0.4, 0.5) is 0 Å². The third kappa shape index (κ3) is 1.64. The molecule has 0 radical (unpaired) electrons. The largest absolute Gasteiger partial charge is 0.348 e. The van der Waals surface area contributed by atoms with E-state index >= 15 is 0 Å². The molecule has 2 nitrogen and oxygen atoms in total. The Morgan fingerprint density at radius 1 is 1.75 bits per heavy atom. The normalized spacial score (nSPS) is 19.9. The van der Waals surface area contributed by atoms with Crippen molar-refractivity contribution in [3.8, 4) is 0 Å². The van der Waals surface area contributed by atoms with Gasteiger partial charge in [-0.1, -0.05) is 31.7 Å². The highest BCUT2D eigenvalue weighted by Crippen LogP contribution is 2.16. The Labute approximate surface area is 72.7 Å². The number of hydrogen-bond acceptors (Lipinski definition) is 1. The smallest absolute Gasteiger partial charge is 0.251 e. The molecule has 0 aromatic rings. The van der Waals surface area contributed by atoms with Crippen LogP contribution < -0.4 is 5.32 Å². The van der Waals surface area contributed by atoms with Crippen LogP contribution in [-0.4, -0.2) is 12.5 Å². The van der Waals surface area contributed by atoms with Crippen LogP contribution in [0.25, 0.3) is 0 Å². The highest BCUT2D eigenvalue weighted by molar-refractivity contribution is 6.00. The fourth-order valence-electron chi connectivity index (χ4n) is 1.02. The van der Waals surface area contributed by atoms with E-state index in [2.05, 4.69) is 18.5 Å². The molecule has 0 aromatic heterocycles. The van der Waals surface area contributed by atoms with E-state index in [1.54, 1.807) is 0 Å². The van der Waals surface area contributed by atoms with Gasteiger partial charge in [0.25, 0.3) is 5.91 Å². The molecular formula is C10H13NO. The molecule has 0 bridgehead atoms. The van der Waals surface area contributed by atoms with E-state index in [-0.39, 0.29) is 5.91 Å². The topological polar surface area (TPSA) is 29.1 Å². The summed E-state index contributed by atoms with van der Waals surface area (Å²) in [5, 5.41) is 2.70. The minimum Gasteiger partial charge on any atom is -0.348 e. The van der Waals surface area contributed by atoms with Crippen molar-refractivity contribution in [2.24, 2.45) is 0 Å². The Balaban J connectivity index is 2.78. The third-order valence-electron chi connectivity index (χ3n) is 1.93. The van der Waals surface area contributed by atoms with Crippen LogP contribution in [0.2, 0.25) is 0 Å². The molecule has 1 saturated heterocycles. The lowest BCUT2D eigenvalue weighted by atomic mass is 10.1. The molecule has 0 aromatic carbocycles. The highest BCUT2D eigenvalue weighted by Gasteiger charge is 2.18. The van der Waals surface area contributed by atoms with Gasteiger partial charge in [-0.15, -0.1) is 0 Å². The quantitative estimate of drug-likeness (QED) is 0.615. The van der Waals surface area contributed by atoms with Gasteiger partial charge in [-0.05, 0) is 12.0 Å². The molecule has 1 N–H and O–H groups in total. The van der Waals surface area contributed by atoms with Crippen LogP contribution in [0.3, 0.4) is 0 Å². The number of rotatable bonds is 2. The van der Waals surface area contributed by atoms with Gasteiger partial charge < -0.3 is 5.32 Å². The molecule has 1 aliphatic heterocycles. The van der Waals surface area contributed by atoms with Crippen LogP contribution in [0.1, 0.15) is 13.3 Å². The summed E-state index contributed by atoms with van der Waals surface area (Å²) in [6.07, 6.45) is 2.84. The van der Waals surface area contributed by atoms with Gasteiger partial charge in [0.05, 0.1) is 0 Å². The number of nitrogens with one attached hydrogen (secondary N) is 1. The fraction of sp³-hybridized carbons (Fsp3) is 0.300. The predicted molar refractivity (Wildman–Crippen MR) is 49.7 cm³/mol. The van der Waals surface area contributed by atoms with Crippen molar-refractivity contribution in [3.63, 3.8) is 0 Å². The Morgan fingerprint density at radius 3 is 2.83 bits per heavy atom. The Kier molecular flexibility index (Phi) is 2.48. The van der Waals surface area contributed by atoms with Gasteiger partial charge >= 0.3 is 0 Å². The summed E-state index contributed by atoms with van der Waals surface area (Å²) < 4.78 is 0. The van der Waals surface area contributed by atoms with Crippen LogP contribution >= 0.6 is 0 Å². The average molecular weight is 163 g/mol. The van der Waals surface area contributed by atoms with Gasteiger partial charge in [0.1, 0.15) is 0 Å². The predicted octanol–water partition coefficient (Wildman–Crippen LogP) is 1.56. The van der Waals surface area contributed by atoms with Crippen molar-refractivity contribution in [1.29, 1.82) is 0 Å². The first kappa shape index (κ1) is 8.78. The molecule has 0 saturated carbocycles. The zero-order valence-electron chi connectivity index (χ0n) is 7.31. The first-order valence-corrected chi connectivity index (χ1v) is 4.01. The van der Waals surface area contributed by atoms with E-state index in [0.29, 0.717) is 12.1 Å². The van der Waals surface area contributed by atoms with Gasteiger partial charge in [0.15, 0.2) is 0 Å². The zero-order chi connectivity index (χ0) is 9.14. The summed E-state index contributed by atoms with van der Waals surface area (Å²) >= 11 is 0. The molecule has 1 rings (SSSR count). The Morgan fingerprint density at radius 2 is 2.42 bits per heavy atom. The molecule has 1 aliphatic rings. The number of hydrogen-bond donors (Lipinski definition) is 1. The van der Waals surface area contributed by atoms with Gasteiger partial charge in [-0.25, -0.2) is 0 Å². The molecule has 64 valence electrons. The maximum absolute atomic E-state index is 11.0. The maximum atomic E-state index is 11.0. The summed E-state index contributed by atoms with van der Waals surface area (Å²) in [4.78, 5) is 11.0. The van der Waals surface area contributed by atoms with Gasteiger partial charge in [-0.2, -0.15) is 0 Å². The van der Waals surface area contributed by atoms with Crippen molar-refractivity contribution < 1.29 is 4.79 Å². The van der Waals surface area contributed by atoms with E-state index < -0.39 is 0 Å². The van der Waals surface area contributed by atoms with Crippen molar-refractivity contribution in [3.05, 3.63) is 36.0 Å². The molecule has 1 amide bonds. The molecule has 0 unspecified atom stereocenters. The van der Waals surface area contributed by atoms with E-state index in [9.17, 15) is 4.79 Å². The van der Waals surface area contributed by atoms with E-state index in [0.717, 1.165) is 17.6 Å². The lowest BCUT2D eigenvalue weighted by Crippen LogP contribution is -2.13. The number of amides is 1. The fourth-order valence-corrected chi connectivity index (χ4v) is 1.02. The summed E-state index contributed by atoms with van der Waals surface area (Å²) in [7, 11) is 0. The average Bonchev–Trinajstić information content (AvgIpc) is 2.36. The molecule has 0 aliphatic carbocycles. The minimum atomic E-state index is -0.0647.